The van der Waals surface area contributed by atoms with E-state index in [9.17, 15) is 9.18 Å². The molecule has 0 aliphatic rings. The molecule has 0 fully saturated rings. The lowest BCUT2D eigenvalue weighted by Gasteiger charge is -2.02. The smallest absolute Gasteiger partial charge is 0.203 e. The number of ketones is 1. The van der Waals surface area contributed by atoms with Crippen LogP contribution in [0.4, 0.5) is 10.1 Å². The first kappa shape index (κ1) is 10.8. The number of carbonyl (C=O) groups excluding carboxylic acids is 1. The maximum atomic E-state index is 13.0. The van der Waals surface area contributed by atoms with E-state index in [0.717, 1.165) is 5.56 Å². The number of aryl methyl sites for hydroxylation is 1. The minimum absolute atomic E-state index is 0.0000548. The Kier molecular flexibility index (Phi) is 2.75. The molecule has 2 aromatic rings. The van der Waals surface area contributed by atoms with Gasteiger partial charge >= 0.3 is 0 Å². The number of anilines is 1. The van der Waals surface area contributed by atoms with Gasteiger partial charge in [-0.15, -0.1) is 11.3 Å². The van der Waals surface area contributed by atoms with Crippen molar-refractivity contribution in [3.63, 3.8) is 0 Å². The first-order valence-electron chi connectivity index (χ1n) is 4.73. The fourth-order valence-electron chi connectivity index (χ4n) is 1.42. The summed E-state index contributed by atoms with van der Waals surface area (Å²) in [6.07, 6.45) is 0. The van der Waals surface area contributed by atoms with Crippen molar-refractivity contribution in [3.05, 3.63) is 51.5 Å². The summed E-state index contributed by atoms with van der Waals surface area (Å²) in [6, 6.07) is 5.92. The predicted molar refractivity (Wildman–Crippen MR) is 63.3 cm³/mol. The summed E-state index contributed by atoms with van der Waals surface area (Å²) in [6.45, 7) is 1.87. The molecule has 82 valence electrons. The first-order valence-corrected chi connectivity index (χ1v) is 5.61. The molecule has 0 atom stereocenters. The Morgan fingerprint density at radius 1 is 1.38 bits per heavy atom. The van der Waals surface area contributed by atoms with Gasteiger partial charge in [0.15, 0.2) is 0 Å². The van der Waals surface area contributed by atoms with Crippen LogP contribution in [0.1, 0.15) is 20.8 Å². The molecule has 0 aliphatic carbocycles. The molecule has 2 nitrogen and oxygen atoms in total. The van der Waals surface area contributed by atoms with Gasteiger partial charge in [-0.25, -0.2) is 4.39 Å². The topological polar surface area (TPSA) is 43.1 Å². The lowest BCUT2D eigenvalue weighted by Crippen LogP contribution is -2.02. The van der Waals surface area contributed by atoms with E-state index in [1.165, 1.54) is 29.5 Å². The number of carbonyl (C=O) groups is 1. The average Bonchev–Trinajstić information content (AvgIpc) is 2.67. The molecule has 0 unspecified atom stereocenters. The molecule has 1 aromatic heterocycles. The maximum Gasteiger partial charge on any atom is 0.203 e. The van der Waals surface area contributed by atoms with Crippen LogP contribution in [0.15, 0.2) is 29.6 Å². The van der Waals surface area contributed by atoms with E-state index in [1.807, 2.05) is 18.4 Å². The molecule has 1 aromatic carbocycles. The summed E-state index contributed by atoms with van der Waals surface area (Å²) in [4.78, 5) is 12.7. The van der Waals surface area contributed by atoms with E-state index in [4.69, 9.17) is 5.73 Å². The van der Waals surface area contributed by atoms with Crippen LogP contribution in [0.2, 0.25) is 0 Å². The van der Waals surface area contributed by atoms with Crippen molar-refractivity contribution in [2.75, 3.05) is 5.73 Å². The van der Waals surface area contributed by atoms with Gasteiger partial charge in [0.05, 0.1) is 10.6 Å². The molecule has 0 spiro atoms. The number of nitrogens with two attached hydrogens (primary N) is 1. The molecule has 2 rings (SSSR count). The van der Waals surface area contributed by atoms with Gasteiger partial charge in [0.1, 0.15) is 5.82 Å². The summed E-state index contributed by atoms with van der Waals surface area (Å²) < 4.78 is 13.0. The Labute approximate surface area is 96.5 Å². The number of hydrogen-bond donors (Lipinski definition) is 1. The van der Waals surface area contributed by atoms with Gasteiger partial charge in [0.2, 0.25) is 5.78 Å². The fraction of sp³-hybridized carbons (Fsp3) is 0.0833. The van der Waals surface area contributed by atoms with E-state index in [2.05, 4.69) is 0 Å². The number of hydrogen-bond acceptors (Lipinski definition) is 3. The summed E-state index contributed by atoms with van der Waals surface area (Å²) in [7, 11) is 0. The number of nitrogen functional groups attached to an aromatic ring is 1. The Balaban J connectivity index is 2.42. The minimum Gasteiger partial charge on any atom is -0.396 e. The van der Waals surface area contributed by atoms with Gasteiger partial charge in [-0.05, 0) is 42.1 Å². The van der Waals surface area contributed by atoms with Gasteiger partial charge in [-0.3, -0.25) is 4.79 Å². The van der Waals surface area contributed by atoms with Crippen LogP contribution >= 0.6 is 11.3 Å². The highest BCUT2D eigenvalue weighted by atomic mass is 32.1. The van der Waals surface area contributed by atoms with Crippen LogP contribution in [0.25, 0.3) is 0 Å². The largest absolute Gasteiger partial charge is 0.396 e. The second-order valence-electron chi connectivity index (χ2n) is 3.50. The van der Waals surface area contributed by atoms with Crippen LogP contribution in [0.3, 0.4) is 0 Å². The number of thiophene rings is 1. The highest BCUT2D eigenvalue weighted by Gasteiger charge is 2.14. The summed E-state index contributed by atoms with van der Waals surface area (Å²) in [5, 5.41) is 1.86. The van der Waals surface area contributed by atoms with Crippen molar-refractivity contribution >= 4 is 22.8 Å². The van der Waals surface area contributed by atoms with E-state index in [0.29, 0.717) is 10.4 Å². The van der Waals surface area contributed by atoms with Crippen molar-refractivity contribution in [1.82, 2.24) is 0 Å². The lowest BCUT2D eigenvalue weighted by molar-refractivity contribution is 0.104. The zero-order valence-corrected chi connectivity index (χ0v) is 9.48. The molecule has 0 saturated heterocycles. The summed E-state index contributed by atoms with van der Waals surface area (Å²) in [5.74, 6) is -0.612. The SMILES string of the molecule is Cc1ccsc1C(=O)c1ccc(F)c(N)c1. The molecule has 0 amide bonds. The van der Waals surface area contributed by atoms with Gasteiger partial charge < -0.3 is 5.73 Å². The zero-order valence-electron chi connectivity index (χ0n) is 8.66. The molecule has 0 bridgehead atoms. The standard InChI is InChI=1S/C12H10FNOS/c1-7-4-5-16-12(7)11(15)8-2-3-9(13)10(14)6-8/h2-6H,14H2,1H3. The van der Waals surface area contributed by atoms with E-state index in [-0.39, 0.29) is 11.5 Å². The third kappa shape index (κ3) is 1.84. The highest BCUT2D eigenvalue weighted by Crippen LogP contribution is 2.21. The number of rotatable bonds is 2. The summed E-state index contributed by atoms with van der Waals surface area (Å²) in [5.41, 5.74) is 6.78. The monoisotopic (exact) mass is 235 g/mol. The van der Waals surface area contributed by atoms with Gasteiger partial charge in [-0.2, -0.15) is 0 Å². The minimum atomic E-state index is -0.501. The Morgan fingerprint density at radius 2 is 2.12 bits per heavy atom. The Hall–Kier alpha value is -1.68. The van der Waals surface area contributed by atoms with Crippen molar-refractivity contribution in [2.24, 2.45) is 0 Å². The van der Waals surface area contributed by atoms with E-state index in [1.54, 1.807) is 0 Å². The molecule has 0 radical (unpaired) electrons. The molecular weight excluding hydrogens is 225 g/mol. The normalized spacial score (nSPS) is 10.4. The lowest BCUT2D eigenvalue weighted by atomic mass is 10.1. The van der Waals surface area contributed by atoms with Crippen LogP contribution in [-0.2, 0) is 0 Å². The van der Waals surface area contributed by atoms with Crippen molar-refractivity contribution < 1.29 is 9.18 Å². The Morgan fingerprint density at radius 3 is 2.69 bits per heavy atom. The maximum absolute atomic E-state index is 13.0. The van der Waals surface area contributed by atoms with Gasteiger partial charge in [0, 0.05) is 5.56 Å². The van der Waals surface area contributed by atoms with Crippen molar-refractivity contribution in [3.8, 4) is 0 Å². The molecule has 0 saturated carbocycles. The van der Waals surface area contributed by atoms with Crippen molar-refractivity contribution in [1.29, 1.82) is 0 Å². The van der Waals surface area contributed by atoms with Gasteiger partial charge in [0.25, 0.3) is 0 Å². The van der Waals surface area contributed by atoms with Crippen LogP contribution in [-0.4, -0.2) is 5.78 Å². The fourth-order valence-corrected chi connectivity index (χ4v) is 2.31. The molecule has 16 heavy (non-hydrogen) atoms. The van der Waals surface area contributed by atoms with Crippen LogP contribution < -0.4 is 5.73 Å². The molecule has 0 aliphatic heterocycles. The molecule has 1 heterocycles. The second kappa shape index (κ2) is 4.06. The van der Waals surface area contributed by atoms with Gasteiger partial charge in [-0.1, -0.05) is 0 Å². The quantitative estimate of drug-likeness (QED) is 0.642. The zero-order chi connectivity index (χ0) is 11.7. The third-order valence-corrected chi connectivity index (χ3v) is 3.34. The molecule has 2 N–H and O–H groups in total. The first-order chi connectivity index (χ1) is 7.59. The highest BCUT2D eigenvalue weighted by molar-refractivity contribution is 7.12. The average molecular weight is 235 g/mol. The van der Waals surface area contributed by atoms with E-state index >= 15 is 0 Å². The predicted octanol–water partition coefficient (Wildman–Crippen LogP) is 3.01. The number of halogens is 1. The van der Waals surface area contributed by atoms with Crippen LogP contribution in [0.5, 0.6) is 0 Å². The molecule has 4 heteroatoms. The third-order valence-electron chi connectivity index (χ3n) is 2.33. The Bertz CT molecular complexity index is 548. The van der Waals surface area contributed by atoms with Crippen molar-refractivity contribution in [2.45, 2.75) is 6.92 Å². The second-order valence-corrected chi connectivity index (χ2v) is 4.41. The molecular formula is C12H10FNOS. The number of benzene rings is 1. The van der Waals surface area contributed by atoms with Crippen LogP contribution in [0, 0.1) is 12.7 Å². The van der Waals surface area contributed by atoms with E-state index < -0.39 is 5.82 Å². The summed E-state index contributed by atoms with van der Waals surface area (Å²) >= 11 is 1.38.